The van der Waals surface area contributed by atoms with Gasteiger partial charge in [-0.15, -0.1) is 0 Å². The van der Waals surface area contributed by atoms with Crippen molar-refractivity contribution in [3.63, 3.8) is 0 Å². The smallest absolute Gasteiger partial charge is 0.317 e. The van der Waals surface area contributed by atoms with Crippen LogP contribution in [0.2, 0.25) is 0 Å². The summed E-state index contributed by atoms with van der Waals surface area (Å²) in [4.78, 5) is 14.0. The maximum atomic E-state index is 12.1. The molecule has 1 aromatic carbocycles. The first-order valence-corrected chi connectivity index (χ1v) is 6.79. The number of aryl methyl sites for hydroxylation is 1. The van der Waals surface area contributed by atoms with Crippen molar-refractivity contribution in [2.75, 3.05) is 13.1 Å². The van der Waals surface area contributed by atoms with Crippen LogP contribution >= 0.6 is 0 Å². The van der Waals surface area contributed by atoms with Crippen LogP contribution in [0, 0.1) is 6.92 Å². The lowest BCUT2D eigenvalue weighted by Gasteiger charge is -2.28. The van der Waals surface area contributed by atoms with E-state index in [-0.39, 0.29) is 12.1 Å². The minimum atomic E-state index is 0.0695. The zero-order valence-corrected chi connectivity index (χ0v) is 11.3. The number of carbonyl (C=O) groups excluding carboxylic acids is 1. The molecule has 0 saturated carbocycles. The first kappa shape index (κ1) is 12.9. The third-order valence-corrected chi connectivity index (χ3v) is 3.56. The summed E-state index contributed by atoms with van der Waals surface area (Å²) in [6, 6.07) is 8.47. The lowest BCUT2D eigenvalue weighted by Crippen LogP contribution is -2.43. The Morgan fingerprint density at radius 2 is 1.78 bits per heavy atom. The number of carbonyl (C=O) groups is 1. The molecule has 2 rings (SSSR count). The van der Waals surface area contributed by atoms with Gasteiger partial charge in [-0.1, -0.05) is 29.8 Å². The number of likely N-dealkylation sites (tertiary alicyclic amines) is 1. The van der Waals surface area contributed by atoms with E-state index in [1.165, 1.54) is 12.0 Å². The van der Waals surface area contributed by atoms with Gasteiger partial charge in [0.25, 0.3) is 0 Å². The molecule has 1 N–H and O–H groups in total. The molecule has 1 saturated heterocycles. The number of nitrogens with one attached hydrogen (secondary N) is 1. The fourth-order valence-corrected chi connectivity index (χ4v) is 2.31. The van der Waals surface area contributed by atoms with Gasteiger partial charge in [0.05, 0.1) is 6.04 Å². The first-order valence-electron chi connectivity index (χ1n) is 6.79. The topological polar surface area (TPSA) is 32.3 Å². The summed E-state index contributed by atoms with van der Waals surface area (Å²) in [5.74, 6) is 0. The summed E-state index contributed by atoms with van der Waals surface area (Å²) >= 11 is 0. The van der Waals surface area contributed by atoms with E-state index in [0.717, 1.165) is 31.5 Å². The Labute approximate surface area is 109 Å². The van der Waals surface area contributed by atoms with Crippen LogP contribution in [-0.4, -0.2) is 24.0 Å². The van der Waals surface area contributed by atoms with Crippen molar-refractivity contribution in [2.24, 2.45) is 0 Å². The third kappa shape index (κ3) is 3.25. The van der Waals surface area contributed by atoms with E-state index in [9.17, 15) is 4.79 Å². The quantitative estimate of drug-likeness (QED) is 0.853. The molecular formula is C15H22N2O. The van der Waals surface area contributed by atoms with Crippen molar-refractivity contribution in [3.8, 4) is 0 Å². The molecule has 1 aliphatic heterocycles. The van der Waals surface area contributed by atoms with Crippen molar-refractivity contribution in [2.45, 2.75) is 39.2 Å². The monoisotopic (exact) mass is 246 g/mol. The number of amides is 2. The molecule has 3 nitrogen and oxygen atoms in total. The van der Waals surface area contributed by atoms with Gasteiger partial charge in [-0.25, -0.2) is 4.79 Å². The lowest BCUT2D eigenvalue weighted by molar-refractivity contribution is 0.183. The molecule has 0 bridgehead atoms. The Balaban J connectivity index is 1.91. The van der Waals surface area contributed by atoms with Crippen molar-refractivity contribution in [1.82, 2.24) is 10.2 Å². The Morgan fingerprint density at radius 3 is 2.39 bits per heavy atom. The van der Waals surface area contributed by atoms with Crippen molar-refractivity contribution in [3.05, 3.63) is 35.4 Å². The molecule has 1 unspecified atom stereocenters. The first-order chi connectivity index (χ1) is 8.66. The summed E-state index contributed by atoms with van der Waals surface area (Å²) < 4.78 is 0. The second-order valence-electron chi connectivity index (χ2n) is 5.13. The second kappa shape index (κ2) is 5.89. The molecule has 1 aliphatic rings. The second-order valence-corrected chi connectivity index (χ2v) is 5.13. The average molecular weight is 246 g/mol. The van der Waals surface area contributed by atoms with Gasteiger partial charge in [-0.2, -0.15) is 0 Å². The fraction of sp³-hybridized carbons (Fsp3) is 0.533. The number of hydrogen-bond donors (Lipinski definition) is 1. The van der Waals surface area contributed by atoms with E-state index in [2.05, 4.69) is 36.5 Å². The van der Waals surface area contributed by atoms with Gasteiger partial charge in [0, 0.05) is 13.1 Å². The molecule has 1 heterocycles. The van der Waals surface area contributed by atoms with E-state index in [4.69, 9.17) is 0 Å². The van der Waals surface area contributed by atoms with Crippen molar-refractivity contribution >= 4 is 6.03 Å². The Morgan fingerprint density at radius 1 is 1.17 bits per heavy atom. The number of benzene rings is 1. The summed E-state index contributed by atoms with van der Waals surface area (Å²) in [6.45, 7) is 5.90. The van der Waals surface area contributed by atoms with Crippen LogP contribution in [0.1, 0.15) is 43.4 Å². The van der Waals surface area contributed by atoms with Crippen LogP contribution in [-0.2, 0) is 0 Å². The summed E-state index contributed by atoms with van der Waals surface area (Å²) in [5.41, 5.74) is 2.40. The highest BCUT2D eigenvalue weighted by atomic mass is 16.2. The third-order valence-electron chi connectivity index (χ3n) is 3.56. The summed E-state index contributed by atoms with van der Waals surface area (Å²) in [6.07, 6.45) is 3.51. The van der Waals surface area contributed by atoms with Gasteiger partial charge in [0.15, 0.2) is 0 Å². The standard InChI is InChI=1S/C15H22N2O/c1-12-6-8-14(9-7-12)13(2)16-15(18)17-10-4-3-5-11-17/h6-9,13H,3-5,10-11H2,1-2H3,(H,16,18). The number of piperidine rings is 1. The van der Waals surface area contributed by atoms with Crippen LogP contribution < -0.4 is 5.32 Å². The van der Waals surface area contributed by atoms with E-state index >= 15 is 0 Å². The number of rotatable bonds is 2. The number of hydrogen-bond acceptors (Lipinski definition) is 1. The normalized spacial score (nSPS) is 17.3. The molecule has 18 heavy (non-hydrogen) atoms. The molecule has 0 radical (unpaired) electrons. The minimum Gasteiger partial charge on any atom is -0.331 e. The predicted molar refractivity (Wildman–Crippen MR) is 73.5 cm³/mol. The largest absolute Gasteiger partial charge is 0.331 e. The maximum Gasteiger partial charge on any atom is 0.317 e. The highest BCUT2D eigenvalue weighted by molar-refractivity contribution is 5.74. The SMILES string of the molecule is Cc1ccc(C(C)NC(=O)N2CCCCC2)cc1. The number of nitrogens with zero attached hydrogens (tertiary/aromatic N) is 1. The van der Waals surface area contributed by atoms with Gasteiger partial charge in [-0.05, 0) is 38.7 Å². The maximum absolute atomic E-state index is 12.1. The Hall–Kier alpha value is -1.51. The molecule has 1 aromatic rings. The molecular weight excluding hydrogens is 224 g/mol. The molecule has 0 aliphatic carbocycles. The van der Waals surface area contributed by atoms with Crippen LogP contribution in [0.25, 0.3) is 0 Å². The van der Waals surface area contributed by atoms with E-state index in [1.54, 1.807) is 0 Å². The van der Waals surface area contributed by atoms with Crippen LogP contribution in [0.15, 0.2) is 24.3 Å². The minimum absolute atomic E-state index is 0.0695. The van der Waals surface area contributed by atoms with Crippen LogP contribution in [0.5, 0.6) is 0 Å². The van der Waals surface area contributed by atoms with E-state index in [0.29, 0.717) is 0 Å². The molecule has 3 heteroatoms. The molecule has 98 valence electrons. The van der Waals surface area contributed by atoms with E-state index < -0.39 is 0 Å². The van der Waals surface area contributed by atoms with Gasteiger partial charge in [-0.3, -0.25) is 0 Å². The summed E-state index contributed by atoms with van der Waals surface area (Å²) in [5, 5.41) is 3.07. The van der Waals surface area contributed by atoms with Crippen molar-refractivity contribution in [1.29, 1.82) is 0 Å². The van der Waals surface area contributed by atoms with Crippen LogP contribution in [0.3, 0.4) is 0 Å². The molecule has 0 aromatic heterocycles. The highest BCUT2D eigenvalue weighted by Gasteiger charge is 2.18. The zero-order chi connectivity index (χ0) is 13.0. The van der Waals surface area contributed by atoms with Gasteiger partial charge in [0.1, 0.15) is 0 Å². The lowest BCUT2D eigenvalue weighted by atomic mass is 10.1. The fourth-order valence-electron chi connectivity index (χ4n) is 2.31. The van der Waals surface area contributed by atoms with E-state index in [1.807, 2.05) is 11.8 Å². The predicted octanol–water partition coefficient (Wildman–Crippen LogP) is 3.25. The van der Waals surface area contributed by atoms with Crippen molar-refractivity contribution < 1.29 is 4.79 Å². The average Bonchev–Trinajstić information content (AvgIpc) is 2.40. The molecule has 2 amide bonds. The molecule has 1 atom stereocenters. The Kier molecular flexibility index (Phi) is 4.24. The summed E-state index contributed by atoms with van der Waals surface area (Å²) in [7, 11) is 0. The number of urea groups is 1. The molecule has 1 fully saturated rings. The highest BCUT2D eigenvalue weighted by Crippen LogP contribution is 2.15. The van der Waals surface area contributed by atoms with Gasteiger partial charge >= 0.3 is 6.03 Å². The molecule has 0 spiro atoms. The Bertz CT molecular complexity index is 393. The van der Waals surface area contributed by atoms with Gasteiger partial charge in [0.2, 0.25) is 0 Å². The zero-order valence-electron chi connectivity index (χ0n) is 11.3. The van der Waals surface area contributed by atoms with Gasteiger partial charge < -0.3 is 10.2 Å². The van der Waals surface area contributed by atoms with Crippen LogP contribution in [0.4, 0.5) is 4.79 Å².